The molecule has 5 nitrogen and oxygen atoms in total. The van der Waals surface area contributed by atoms with Gasteiger partial charge in [-0.05, 0) is 18.2 Å². The minimum atomic E-state index is 0.709. The van der Waals surface area contributed by atoms with Gasteiger partial charge in [-0.3, -0.25) is 9.58 Å². The molecule has 5 aromatic rings. The van der Waals surface area contributed by atoms with E-state index >= 15 is 0 Å². The number of hydrogen-bond donors (Lipinski definition) is 0. The van der Waals surface area contributed by atoms with E-state index in [1.54, 1.807) is 28.9 Å². The zero-order valence-electron chi connectivity index (χ0n) is 18.1. The molecule has 0 saturated heterocycles. The molecule has 0 radical (unpaired) electrons. The molecular formula is C25H21Cl2N5S2. The second kappa shape index (κ2) is 10.8. The molecule has 0 fully saturated rings. The van der Waals surface area contributed by atoms with Crippen LogP contribution in [-0.4, -0.2) is 31.2 Å². The molecule has 0 N–H and O–H groups in total. The molecule has 172 valence electrons. The van der Waals surface area contributed by atoms with Gasteiger partial charge in [0.05, 0.1) is 28.0 Å². The highest BCUT2D eigenvalue weighted by atomic mass is 35.5. The Labute approximate surface area is 216 Å². The Balaban J connectivity index is 1.34. The van der Waals surface area contributed by atoms with Crippen LogP contribution in [-0.2, 0) is 19.6 Å². The summed E-state index contributed by atoms with van der Waals surface area (Å²) in [5, 5.41) is 11.9. The molecule has 0 aliphatic carbocycles. The third-order valence-electron chi connectivity index (χ3n) is 5.29. The zero-order valence-corrected chi connectivity index (χ0v) is 21.3. The van der Waals surface area contributed by atoms with E-state index in [9.17, 15) is 0 Å². The van der Waals surface area contributed by atoms with Crippen molar-refractivity contribution in [3.8, 4) is 21.1 Å². The summed E-state index contributed by atoms with van der Waals surface area (Å²) in [4.78, 5) is 12.1. The standard InChI is InChI=1S/C25H21Cl2N5S2/c26-22-8-3-1-6-20(22)24-29-18(16-33-24)14-31(12-13-32-11-5-10-28-32)15-19-17-34-25(30-19)21-7-2-4-9-23(21)27/h1-11,16-17H,12-15H2. The van der Waals surface area contributed by atoms with E-state index in [4.69, 9.17) is 33.2 Å². The van der Waals surface area contributed by atoms with Gasteiger partial charge < -0.3 is 0 Å². The van der Waals surface area contributed by atoms with Crippen LogP contribution in [0.4, 0.5) is 0 Å². The average molecular weight is 527 g/mol. The van der Waals surface area contributed by atoms with Gasteiger partial charge in [0.15, 0.2) is 0 Å². The Morgan fingerprint density at radius 1 is 0.765 bits per heavy atom. The SMILES string of the molecule is Clc1ccccc1-c1nc(CN(CCn2cccn2)Cc2csc(-c3ccccc3Cl)n2)cs1. The van der Waals surface area contributed by atoms with Crippen molar-refractivity contribution in [1.29, 1.82) is 0 Å². The molecule has 9 heteroatoms. The van der Waals surface area contributed by atoms with Crippen LogP contribution < -0.4 is 0 Å². The van der Waals surface area contributed by atoms with Gasteiger partial charge in [-0.2, -0.15) is 5.10 Å². The van der Waals surface area contributed by atoms with Gasteiger partial charge >= 0.3 is 0 Å². The lowest BCUT2D eigenvalue weighted by Crippen LogP contribution is -2.27. The van der Waals surface area contributed by atoms with E-state index in [1.807, 2.05) is 65.5 Å². The van der Waals surface area contributed by atoms with Crippen molar-refractivity contribution in [3.05, 3.63) is 99.2 Å². The largest absolute Gasteiger partial charge is 0.290 e. The molecule has 2 aromatic carbocycles. The van der Waals surface area contributed by atoms with Gasteiger partial charge in [-0.15, -0.1) is 22.7 Å². The van der Waals surface area contributed by atoms with Crippen LogP contribution in [0, 0.1) is 0 Å². The number of aromatic nitrogens is 4. The van der Waals surface area contributed by atoms with Crippen LogP contribution in [0.15, 0.2) is 77.8 Å². The van der Waals surface area contributed by atoms with Gasteiger partial charge in [-0.1, -0.05) is 59.6 Å². The second-order valence-electron chi connectivity index (χ2n) is 7.73. The van der Waals surface area contributed by atoms with Gasteiger partial charge in [0, 0.05) is 53.9 Å². The van der Waals surface area contributed by atoms with Crippen molar-refractivity contribution in [2.45, 2.75) is 19.6 Å². The van der Waals surface area contributed by atoms with Crippen LogP contribution in [0.1, 0.15) is 11.4 Å². The highest BCUT2D eigenvalue weighted by Crippen LogP contribution is 2.32. The van der Waals surface area contributed by atoms with Gasteiger partial charge in [0.2, 0.25) is 0 Å². The third kappa shape index (κ3) is 5.56. The predicted molar refractivity (Wildman–Crippen MR) is 141 cm³/mol. The fraction of sp³-hybridized carbons (Fsp3) is 0.160. The maximum absolute atomic E-state index is 6.38. The number of rotatable bonds is 9. The molecule has 0 aliphatic heterocycles. The number of halogens is 2. The van der Waals surface area contributed by atoms with Crippen LogP contribution in [0.3, 0.4) is 0 Å². The molecule has 5 rings (SSSR count). The van der Waals surface area contributed by atoms with Crippen molar-refractivity contribution in [2.75, 3.05) is 6.54 Å². The Morgan fingerprint density at radius 2 is 1.32 bits per heavy atom. The van der Waals surface area contributed by atoms with Crippen LogP contribution in [0.25, 0.3) is 21.1 Å². The molecule has 0 saturated carbocycles. The molecule has 0 unspecified atom stereocenters. The van der Waals surface area contributed by atoms with Crippen molar-refractivity contribution in [1.82, 2.24) is 24.6 Å². The Hall–Kier alpha value is -2.55. The molecule has 3 heterocycles. The van der Waals surface area contributed by atoms with E-state index in [2.05, 4.69) is 20.8 Å². The van der Waals surface area contributed by atoms with Crippen LogP contribution in [0.5, 0.6) is 0 Å². The first kappa shape index (κ1) is 23.2. The van der Waals surface area contributed by atoms with E-state index < -0.39 is 0 Å². The first-order valence-corrected chi connectivity index (χ1v) is 13.3. The lowest BCUT2D eigenvalue weighted by atomic mass is 10.2. The number of benzene rings is 2. The first-order valence-electron chi connectivity index (χ1n) is 10.7. The molecule has 3 aromatic heterocycles. The van der Waals surface area contributed by atoms with E-state index in [0.29, 0.717) is 23.1 Å². The number of hydrogen-bond acceptors (Lipinski definition) is 6. The quantitative estimate of drug-likeness (QED) is 0.205. The predicted octanol–water partition coefficient (Wildman–Crippen LogP) is 7.14. The molecule has 0 spiro atoms. The van der Waals surface area contributed by atoms with Crippen molar-refractivity contribution >= 4 is 45.9 Å². The summed E-state index contributed by atoms with van der Waals surface area (Å²) in [7, 11) is 0. The highest BCUT2D eigenvalue weighted by molar-refractivity contribution is 7.13. The minimum Gasteiger partial charge on any atom is -0.290 e. The molecule has 0 bridgehead atoms. The summed E-state index contributed by atoms with van der Waals surface area (Å²) in [5.41, 5.74) is 3.96. The summed E-state index contributed by atoms with van der Waals surface area (Å²) in [6.45, 7) is 3.03. The van der Waals surface area contributed by atoms with Gasteiger partial charge in [0.25, 0.3) is 0 Å². The van der Waals surface area contributed by atoms with Crippen molar-refractivity contribution in [3.63, 3.8) is 0 Å². The third-order valence-corrected chi connectivity index (χ3v) is 7.80. The molecule has 34 heavy (non-hydrogen) atoms. The monoisotopic (exact) mass is 525 g/mol. The Kier molecular flexibility index (Phi) is 7.37. The summed E-state index contributed by atoms with van der Waals surface area (Å²) >= 11 is 16.0. The molecular weight excluding hydrogens is 505 g/mol. The summed E-state index contributed by atoms with van der Waals surface area (Å²) < 4.78 is 1.94. The lowest BCUT2D eigenvalue weighted by Gasteiger charge is -2.20. The lowest BCUT2D eigenvalue weighted by molar-refractivity contribution is 0.237. The average Bonchev–Trinajstić information content (AvgIpc) is 3.61. The van der Waals surface area contributed by atoms with Gasteiger partial charge in [-0.25, -0.2) is 9.97 Å². The Bertz CT molecular complexity index is 1280. The minimum absolute atomic E-state index is 0.709. The smallest absolute Gasteiger partial charge is 0.125 e. The van der Waals surface area contributed by atoms with E-state index in [1.165, 1.54) is 0 Å². The summed E-state index contributed by atoms with van der Waals surface area (Å²) in [6.07, 6.45) is 3.78. The maximum Gasteiger partial charge on any atom is 0.125 e. The first-order chi connectivity index (χ1) is 16.7. The van der Waals surface area contributed by atoms with Crippen LogP contribution >= 0.6 is 45.9 Å². The highest BCUT2D eigenvalue weighted by Gasteiger charge is 2.15. The molecule has 0 aliphatic rings. The molecule has 0 amide bonds. The van der Waals surface area contributed by atoms with Crippen molar-refractivity contribution < 1.29 is 0 Å². The molecule has 0 atom stereocenters. The zero-order chi connectivity index (χ0) is 23.3. The number of nitrogens with zero attached hydrogens (tertiary/aromatic N) is 5. The topological polar surface area (TPSA) is 46.8 Å². The van der Waals surface area contributed by atoms with Crippen LogP contribution in [0.2, 0.25) is 10.0 Å². The number of thiazole rings is 2. The maximum atomic E-state index is 6.38. The van der Waals surface area contributed by atoms with E-state index in [0.717, 1.165) is 45.6 Å². The summed E-state index contributed by atoms with van der Waals surface area (Å²) in [5.74, 6) is 0. The van der Waals surface area contributed by atoms with Gasteiger partial charge in [0.1, 0.15) is 10.0 Å². The second-order valence-corrected chi connectivity index (χ2v) is 10.3. The fourth-order valence-electron chi connectivity index (χ4n) is 3.62. The normalized spacial score (nSPS) is 11.4. The summed E-state index contributed by atoms with van der Waals surface area (Å²) in [6, 6.07) is 17.6. The van der Waals surface area contributed by atoms with E-state index in [-0.39, 0.29) is 0 Å². The Morgan fingerprint density at radius 3 is 1.82 bits per heavy atom. The fourth-order valence-corrected chi connectivity index (χ4v) is 5.89. The van der Waals surface area contributed by atoms with Crippen molar-refractivity contribution in [2.24, 2.45) is 0 Å².